The molecule has 0 atom stereocenters. The molecule has 2 aromatic rings. The smallest absolute Gasteiger partial charge is 0.227 e. The van der Waals surface area contributed by atoms with Crippen LogP contribution in [0.15, 0.2) is 41.4 Å². The third-order valence-corrected chi connectivity index (χ3v) is 5.54. The first kappa shape index (κ1) is 19.0. The monoisotopic (exact) mass is 390 g/mol. The Labute approximate surface area is 163 Å². The summed E-state index contributed by atoms with van der Waals surface area (Å²) in [4.78, 5) is 16.6. The predicted molar refractivity (Wildman–Crippen MR) is 107 cm³/mol. The second-order valence-electron chi connectivity index (χ2n) is 6.53. The number of nitrogens with zero attached hydrogens (tertiary/aromatic N) is 4. The molecule has 0 N–H and O–H groups in total. The summed E-state index contributed by atoms with van der Waals surface area (Å²) in [5.74, 6) is 0.990. The molecule has 3 rings (SSSR count). The highest BCUT2D eigenvalue weighted by molar-refractivity contribution is 7.99. The number of thioether (sulfide) groups is 1. The zero-order valence-corrected chi connectivity index (χ0v) is 16.6. The lowest BCUT2D eigenvalue weighted by Crippen LogP contribution is -2.49. The average molecular weight is 391 g/mol. The van der Waals surface area contributed by atoms with E-state index in [0.717, 1.165) is 29.5 Å². The van der Waals surface area contributed by atoms with E-state index in [4.69, 9.17) is 11.6 Å². The molecule has 5 nitrogen and oxygen atoms in total. The highest BCUT2D eigenvalue weighted by Crippen LogP contribution is 2.22. The molecule has 1 aromatic carbocycles. The first-order valence-electron chi connectivity index (χ1n) is 8.79. The van der Waals surface area contributed by atoms with Crippen molar-refractivity contribution in [1.29, 1.82) is 0 Å². The number of hydrogen-bond donors (Lipinski definition) is 0. The molecule has 7 heteroatoms. The number of carbonyl (C=O) groups is 1. The van der Waals surface area contributed by atoms with Gasteiger partial charge in [-0.15, -0.1) is 22.0 Å². The van der Waals surface area contributed by atoms with Gasteiger partial charge in [-0.25, -0.2) is 0 Å². The quantitative estimate of drug-likeness (QED) is 0.731. The fourth-order valence-corrected chi connectivity index (χ4v) is 3.81. The van der Waals surface area contributed by atoms with Gasteiger partial charge < -0.3 is 9.80 Å². The Kier molecular flexibility index (Phi) is 6.38. The molecule has 2 heterocycles. The fraction of sp³-hybridized carbons (Fsp3) is 0.421. The van der Waals surface area contributed by atoms with Crippen LogP contribution in [0, 0.1) is 0 Å². The van der Waals surface area contributed by atoms with Crippen LogP contribution in [0.25, 0.3) is 0 Å². The standard InChI is InChI=1S/C19H23ClN4OS/c1-14(2)26-18-8-7-17(21-22-18)23-9-11-24(12-10-23)19(25)13-15-5-3-4-6-16(15)20/h3-8,14H,9-13H2,1-2H3. The van der Waals surface area contributed by atoms with Crippen LogP contribution in [0.5, 0.6) is 0 Å². The van der Waals surface area contributed by atoms with Gasteiger partial charge in [-0.05, 0) is 23.8 Å². The van der Waals surface area contributed by atoms with Gasteiger partial charge in [0.05, 0.1) is 6.42 Å². The molecule has 0 aliphatic carbocycles. The number of piperazine rings is 1. The fourth-order valence-electron chi connectivity index (χ4n) is 2.89. The van der Waals surface area contributed by atoms with Gasteiger partial charge in [0.1, 0.15) is 5.03 Å². The van der Waals surface area contributed by atoms with Crippen molar-refractivity contribution in [2.75, 3.05) is 31.1 Å². The topological polar surface area (TPSA) is 49.3 Å². The molecule has 1 saturated heterocycles. The van der Waals surface area contributed by atoms with Crippen LogP contribution in [-0.4, -0.2) is 52.4 Å². The molecular weight excluding hydrogens is 368 g/mol. The first-order chi connectivity index (χ1) is 12.5. The summed E-state index contributed by atoms with van der Waals surface area (Å²) in [7, 11) is 0. The van der Waals surface area contributed by atoms with Crippen LogP contribution in [-0.2, 0) is 11.2 Å². The minimum absolute atomic E-state index is 0.118. The first-order valence-corrected chi connectivity index (χ1v) is 10.0. The van der Waals surface area contributed by atoms with Crippen LogP contribution in [0.3, 0.4) is 0 Å². The van der Waals surface area contributed by atoms with Crippen LogP contribution >= 0.6 is 23.4 Å². The van der Waals surface area contributed by atoms with Gasteiger partial charge in [0, 0.05) is 36.5 Å². The Morgan fingerprint density at radius 2 is 1.85 bits per heavy atom. The lowest BCUT2D eigenvalue weighted by molar-refractivity contribution is -0.130. The van der Waals surface area contributed by atoms with Crippen molar-refractivity contribution in [2.45, 2.75) is 30.5 Å². The van der Waals surface area contributed by atoms with Gasteiger partial charge in [-0.3, -0.25) is 4.79 Å². The minimum atomic E-state index is 0.118. The molecule has 0 saturated carbocycles. The average Bonchev–Trinajstić information content (AvgIpc) is 2.64. The van der Waals surface area contributed by atoms with Crippen molar-refractivity contribution in [3.63, 3.8) is 0 Å². The van der Waals surface area contributed by atoms with Crippen molar-refractivity contribution in [1.82, 2.24) is 15.1 Å². The summed E-state index contributed by atoms with van der Waals surface area (Å²) >= 11 is 7.86. The van der Waals surface area contributed by atoms with Crippen molar-refractivity contribution in [3.05, 3.63) is 47.0 Å². The number of hydrogen-bond acceptors (Lipinski definition) is 5. The number of halogens is 1. The van der Waals surface area contributed by atoms with Gasteiger partial charge in [-0.2, -0.15) is 0 Å². The maximum atomic E-state index is 12.5. The van der Waals surface area contributed by atoms with Crippen LogP contribution in [0.1, 0.15) is 19.4 Å². The number of amides is 1. The van der Waals surface area contributed by atoms with E-state index in [-0.39, 0.29) is 5.91 Å². The van der Waals surface area contributed by atoms with Gasteiger partial charge in [-0.1, -0.05) is 43.6 Å². The number of aromatic nitrogens is 2. The second kappa shape index (κ2) is 8.73. The summed E-state index contributed by atoms with van der Waals surface area (Å²) in [6.07, 6.45) is 0.348. The van der Waals surface area contributed by atoms with E-state index < -0.39 is 0 Å². The van der Waals surface area contributed by atoms with E-state index >= 15 is 0 Å². The summed E-state index contributed by atoms with van der Waals surface area (Å²) in [5.41, 5.74) is 0.880. The van der Waals surface area contributed by atoms with Crippen LogP contribution < -0.4 is 4.90 Å². The maximum Gasteiger partial charge on any atom is 0.227 e. The second-order valence-corrected chi connectivity index (χ2v) is 8.54. The van der Waals surface area contributed by atoms with E-state index in [1.54, 1.807) is 11.8 Å². The molecule has 26 heavy (non-hydrogen) atoms. The minimum Gasteiger partial charge on any atom is -0.352 e. The predicted octanol–water partition coefficient (Wildman–Crippen LogP) is 3.52. The molecule has 0 bridgehead atoms. The van der Waals surface area contributed by atoms with E-state index in [0.29, 0.717) is 29.8 Å². The highest BCUT2D eigenvalue weighted by atomic mass is 35.5. The summed E-state index contributed by atoms with van der Waals surface area (Å²) in [6.45, 7) is 7.18. The zero-order chi connectivity index (χ0) is 18.5. The number of benzene rings is 1. The summed E-state index contributed by atoms with van der Waals surface area (Å²) in [6, 6.07) is 11.5. The van der Waals surface area contributed by atoms with Gasteiger partial charge in [0.15, 0.2) is 5.82 Å². The highest BCUT2D eigenvalue weighted by Gasteiger charge is 2.22. The molecule has 1 aromatic heterocycles. The van der Waals surface area contributed by atoms with Crippen LogP contribution in [0.2, 0.25) is 5.02 Å². The molecule has 1 aliphatic rings. The summed E-state index contributed by atoms with van der Waals surface area (Å²) < 4.78 is 0. The maximum absolute atomic E-state index is 12.5. The van der Waals surface area contributed by atoms with Crippen molar-refractivity contribution in [2.24, 2.45) is 0 Å². The molecule has 0 unspecified atom stereocenters. The Hall–Kier alpha value is -1.79. The number of rotatable bonds is 5. The largest absolute Gasteiger partial charge is 0.352 e. The molecular formula is C19H23ClN4OS. The number of anilines is 1. The number of carbonyl (C=O) groups excluding carboxylic acids is 1. The molecule has 0 spiro atoms. The lowest BCUT2D eigenvalue weighted by Gasteiger charge is -2.35. The lowest BCUT2D eigenvalue weighted by atomic mass is 10.1. The third-order valence-electron chi connectivity index (χ3n) is 4.24. The Morgan fingerprint density at radius 3 is 2.46 bits per heavy atom. The van der Waals surface area contributed by atoms with Crippen molar-refractivity contribution < 1.29 is 4.79 Å². The SMILES string of the molecule is CC(C)Sc1ccc(N2CCN(C(=O)Cc3ccccc3Cl)CC2)nn1. The van der Waals surface area contributed by atoms with Gasteiger partial charge in [0.25, 0.3) is 0 Å². The Morgan fingerprint density at radius 1 is 1.12 bits per heavy atom. The van der Waals surface area contributed by atoms with E-state index in [1.165, 1.54) is 0 Å². The van der Waals surface area contributed by atoms with E-state index in [1.807, 2.05) is 41.3 Å². The third kappa shape index (κ3) is 4.89. The molecule has 1 fully saturated rings. The zero-order valence-electron chi connectivity index (χ0n) is 15.1. The summed E-state index contributed by atoms with van der Waals surface area (Å²) in [5, 5.41) is 10.7. The van der Waals surface area contributed by atoms with Crippen LogP contribution in [0.4, 0.5) is 5.82 Å². The molecule has 0 radical (unpaired) electrons. The van der Waals surface area contributed by atoms with Gasteiger partial charge in [0.2, 0.25) is 5.91 Å². The molecule has 1 aliphatic heterocycles. The van der Waals surface area contributed by atoms with E-state index in [2.05, 4.69) is 28.9 Å². The van der Waals surface area contributed by atoms with E-state index in [9.17, 15) is 4.79 Å². The molecule has 138 valence electrons. The Balaban J connectivity index is 1.54. The van der Waals surface area contributed by atoms with Crippen molar-refractivity contribution >= 4 is 35.1 Å². The Bertz CT molecular complexity index is 745. The van der Waals surface area contributed by atoms with Crippen molar-refractivity contribution in [3.8, 4) is 0 Å². The van der Waals surface area contributed by atoms with Gasteiger partial charge >= 0.3 is 0 Å². The molecule has 1 amide bonds. The normalized spacial score (nSPS) is 14.8.